The number of nitrogens with one attached hydrogen (secondary N) is 1. The van der Waals surface area contributed by atoms with Crippen LogP contribution in [-0.2, 0) is 13.0 Å². The van der Waals surface area contributed by atoms with Crippen molar-refractivity contribution in [2.24, 2.45) is 17.2 Å². The van der Waals surface area contributed by atoms with Crippen LogP contribution >= 0.6 is 0 Å². The fraction of sp³-hybridized carbons (Fsp3) is 0.857. The van der Waals surface area contributed by atoms with Crippen molar-refractivity contribution < 1.29 is 0 Å². The molecule has 0 aliphatic carbocycles. The van der Waals surface area contributed by atoms with Gasteiger partial charge in [0.25, 0.3) is 0 Å². The van der Waals surface area contributed by atoms with Crippen molar-refractivity contribution in [3.05, 3.63) is 12.2 Å². The average Bonchev–Trinajstić information content (AvgIpc) is 2.75. The summed E-state index contributed by atoms with van der Waals surface area (Å²) in [6.45, 7) is 12.1. The minimum absolute atomic E-state index is 0.244. The number of hydrazine groups is 1. The average molecular weight is 267 g/mol. The van der Waals surface area contributed by atoms with E-state index in [9.17, 15) is 0 Å². The number of hydrogen-bond acceptors (Lipinski definition) is 4. The van der Waals surface area contributed by atoms with Crippen LogP contribution in [0.2, 0.25) is 0 Å². The lowest BCUT2D eigenvalue weighted by Gasteiger charge is -2.30. The zero-order chi connectivity index (χ0) is 14.5. The van der Waals surface area contributed by atoms with Gasteiger partial charge in [-0.3, -0.25) is 16.0 Å². The number of rotatable bonds is 7. The molecule has 0 saturated heterocycles. The van der Waals surface area contributed by atoms with Gasteiger partial charge in [-0.2, -0.15) is 5.10 Å². The third-order valence-electron chi connectivity index (χ3n) is 3.91. The number of aryl methyl sites for hydroxylation is 1. The van der Waals surface area contributed by atoms with Crippen molar-refractivity contribution in [1.82, 2.24) is 20.2 Å². The quantitative estimate of drug-likeness (QED) is 0.586. The first-order chi connectivity index (χ1) is 8.88. The van der Waals surface area contributed by atoms with Crippen LogP contribution in [0.5, 0.6) is 0 Å². The highest BCUT2D eigenvalue weighted by Crippen LogP contribution is 2.29. The topological polar surface area (TPSA) is 68.8 Å². The van der Waals surface area contributed by atoms with Crippen molar-refractivity contribution in [1.29, 1.82) is 0 Å². The van der Waals surface area contributed by atoms with Gasteiger partial charge in [-0.15, -0.1) is 0 Å². The second kappa shape index (κ2) is 7.01. The van der Waals surface area contributed by atoms with E-state index in [1.54, 1.807) is 6.33 Å². The fourth-order valence-electron chi connectivity index (χ4n) is 2.06. The van der Waals surface area contributed by atoms with Crippen molar-refractivity contribution in [3.63, 3.8) is 0 Å². The molecule has 0 radical (unpaired) electrons. The minimum atomic E-state index is 0.244. The minimum Gasteiger partial charge on any atom is -0.271 e. The Morgan fingerprint density at radius 1 is 1.42 bits per heavy atom. The second-order valence-corrected chi connectivity index (χ2v) is 6.47. The highest BCUT2D eigenvalue weighted by Gasteiger charge is 2.24. The predicted octanol–water partition coefficient (Wildman–Crippen LogP) is 2.13. The van der Waals surface area contributed by atoms with E-state index in [1.807, 2.05) is 4.68 Å². The fourth-order valence-corrected chi connectivity index (χ4v) is 2.06. The largest absolute Gasteiger partial charge is 0.271 e. The summed E-state index contributed by atoms with van der Waals surface area (Å²) < 4.78 is 1.98. The maximum atomic E-state index is 5.70. The monoisotopic (exact) mass is 267 g/mol. The first-order valence-corrected chi connectivity index (χ1v) is 7.21. The molecule has 0 spiro atoms. The van der Waals surface area contributed by atoms with Gasteiger partial charge >= 0.3 is 0 Å². The lowest BCUT2D eigenvalue weighted by atomic mass is 9.78. The van der Waals surface area contributed by atoms with E-state index in [1.165, 1.54) is 0 Å². The Kier molecular flexibility index (Phi) is 5.94. The molecule has 1 aromatic heterocycles. The molecule has 5 nitrogen and oxygen atoms in total. The molecule has 0 amide bonds. The summed E-state index contributed by atoms with van der Waals surface area (Å²) in [4.78, 5) is 4.35. The van der Waals surface area contributed by atoms with Gasteiger partial charge in [-0.1, -0.05) is 34.6 Å². The van der Waals surface area contributed by atoms with E-state index in [0.717, 1.165) is 31.6 Å². The molecule has 3 N–H and O–H groups in total. The molecule has 0 bridgehead atoms. The van der Waals surface area contributed by atoms with E-state index in [4.69, 9.17) is 5.84 Å². The van der Waals surface area contributed by atoms with Crippen LogP contribution in [0, 0.1) is 11.3 Å². The van der Waals surface area contributed by atoms with Gasteiger partial charge in [0.2, 0.25) is 0 Å². The summed E-state index contributed by atoms with van der Waals surface area (Å²) in [5.41, 5.74) is 3.23. The Morgan fingerprint density at radius 3 is 2.63 bits per heavy atom. The molecule has 0 fully saturated rings. The Bertz CT molecular complexity index is 366. The Balaban J connectivity index is 2.64. The van der Waals surface area contributed by atoms with E-state index in [-0.39, 0.29) is 6.04 Å². The molecule has 5 heteroatoms. The van der Waals surface area contributed by atoms with Crippen LogP contribution in [-0.4, -0.2) is 20.8 Å². The van der Waals surface area contributed by atoms with Crippen LogP contribution in [0.15, 0.2) is 6.33 Å². The number of aromatic nitrogens is 3. The van der Waals surface area contributed by atoms with Crippen LogP contribution in [0.1, 0.15) is 53.3 Å². The normalized spacial score (nSPS) is 15.5. The smallest absolute Gasteiger partial charge is 0.138 e. The predicted molar refractivity (Wildman–Crippen MR) is 78.4 cm³/mol. The van der Waals surface area contributed by atoms with Crippen LogP contribution in [0.4, 0.5) is 0 Å². The summed E-state index contributed by atoms with van der Waals surface area (Å²) in [5.74, 6) is 7.31. The van der Waals surface area contributed by atoms with Gasteiger partial charge in [0.15, 0.2) is 0 Å². The Morgan fingerprint density at radius 2 is 2.11 bits per heavy atom. The molecule has 2 atom stereocenters. The summed E-state index contributed by atoms with van der Waals surface area (Å²) in [5, 5.41) is 4.26. The van der Waals surface area contributed by atoms with E-state index < -0.39 is 0 Å². The van der Waals surface area contributed by atoms with Crippen molar-refractivity contribution in [2.45, 2.75) is 66.5 Å². The molecule has 0 aromatic carbocycles. The van der Waals surface area contributed by atoms with Crippen molar-refractivity contribution >= 4 is 0 Å². The third kappa shape index (κ3) is 4.91. The van der Waals surface area contributed by atoms with Gasteiger partial charge in [0.1, 0.15) is 12.2 Å². The molecule has 1 rings (SSSR count). The van der Waals surface area contributed by atoms with Gasteiger partial charge in [0.05, 0.1) is 0 Å². The highest BCUT2D eigenvalue weighted by molar-refractivity contribution is 4.90. The van der Waals surface area contributed by atoms with Crippen molar-refractivity contribution in [2.75, 3.05) is 0 Å². The molecule has 0 aliphatic heterocycles. The van der Waals surface area contributed by atoms with E-state index in [0.29, 0.717) is 11.3 Å². The van der Waals surface area contributed by atoms with E-state index >= 15 is 0 Å². The second-order valence-electron chi connectivity index (χ2n) is 6.47. The van der Waals surface area contributed by atoms with E-state index in [2.05, 4.69) is 50.1 Å². The molecule has 2 unspecified atom stereocenters. The Hall–Kier alpha value is -0.940. The standard InChI is InChI=1S/C14H29N5/c1-6-7-19-13(16-10-17-19)9-12(18-15)8-11(2)14(3,4)5/h10-12,18H,6-9,15H2,1-5H3. The molecule has 1 heterocycles. The number of nitrogens with zero attached hydrogens (tertiary/aromatic N) is 3. The van der Waals surface area contributed by atoms with Crippen LogP contribution in [0.3, 0.4) is 0 Å². The number of hydrogen-bond donors (Lipinski definition) is 2. The zero-order valence-electron chi connectivity index (χ0n) is 13.0. The lowest BCUT2D eigenvalue weighted by molar-refractivity contribution is 0.221. The summed E-state index contributed by atoms with van der Waals surface area (Å²) in [7, 11) is 0. The molecule has 19 heavy (non-hydrogen) atoms. The molecule has 110 valence electrons. The van der Waals surface area contributed by atoms with Gasteiger partial charge < -0.3 is 0 Å². The molecule has 0 saturated carbocycles. The summed E-state index contributed by atoms with van der Waals surface area (Å²) >= 11 is 0. The molecular weight excluding hydrogens is 238 g/mol. The SMILES string of the molecule is CCCn1ncnc1CC(CC(C)C(C)(C)C)NN. The van der Waals surface area contributed by atoms with Crippen LogP contribution < -0.4 is 11.3 Å². The van der Waals surface area contributed by atoms with Crippen molar-refractivity contribution in [3.8, 4) is 0 Å². The summed E-state index contributed by atoms with van der Waals surface area (Å²) in [6, 6.07) is 0.244. The Labute approximate surface area is 116 Å². The van der Waals surface area contributed by atoms with Gasteiger partial charge in [-0.05, 0) is 24.2 Å². The number of nitrogens with two attached hydrogens (primary N) is 1. The maximum Gasteiger partial charge on any atom is 0.138 e. The van der Waals surface area contributed by atoms with Gasteiger partial charge in [-0.25, -0.2) is 4.98 Å². The maximum absolute atomic E-state index is 5.70. The summed E-state index contributed by atoms with van der Waals surface area (Å²) in [6.07, 6.45) is 4.57. The zero-order valence-corrected chi connectivity index (χ0v) is 13.0. The molecular formula is C14H29N5. The van der Waals surface area contributed by atoms with Crippen LogP contribution in [0.25, 0.3) is 0 Å². The first-order valence-electron chi connectivity index (χ1n) is 7.21. The molecule has 0 aliphatic rings. The molecule has 1 aromatic rings. The first kappa shape index (κ1) is 16.1. The third-order valence-corrected chi connectivity index (χ3v) is 3.91. The van der Waals surface area contributed by atoms with Gasteiger partial charge in [0, 0.05) is 19.0 Å². The lowest BCUT2D eigenvalue weighted by Crippen LogP contribution is -2.40. The highest BCUT2D eigenvalue weighted by atomic mass is 15.3.